The van der Waals surface area contributed by atoms with Gasteiger partial charge in [0, 0.05) is 0 Å². The summed E-state index contributed by atoms with van der Waals surface area (Å²) in [6, 6.07) is 11.0. The van der Waals surface area contributed by atoms with Gasteiger partial charge in [-0.25, -0.2) is 0 Å². The summed E-state index contributed by atoms with van der Waals surface area (Å²) in [4.78, 5) is 11.0. The third kappa shape index (κ3) is 2.54. The van der Waals surface area contributed by atoms with Crippen LogP contribution < -0.4 is 4.74 Å². The van der Waals surface area contributed by atoms with Crippen molar-refractivity contribution in [2.45, 2.75) is 13.8 Å². The normalized spacial score (nSPS) is 10.2. The monoisotopic (exact) mass is 260 g/mol. The molecule has 0 aliphatic heterocycles. The molecule has 0 radical (unpaired) electrons. The largest absolute Gasteiger partial charge is 0.455 e. The average molecular weight is 261 g/mol. The first kappa shape index (κ1) is 12.7. The summed E-state index contributed by atoms with van der Waals surface area (Å²) in [5, 5.41) is 0.431. The Morgan fingerprint density at radius 3 is 2.67 bits per heavy atom. The molecule has 92 valence electrons. The lowest BCUT2D eigenvalue weighted by Crippen LogP contribution is -1.93. The van der Waals surface area contributed by atoms with Gasteiger partial charge in [-0.05, 0) is 43.2 Å². The van der Waals surface area contributed by atoms with Gasteiger partial charge in [-0.3, -0.25) is 4.79 Å². The van der Waals surface area contributed by atoms with Crippen molar-refractivity contribution in [1.29, 1.82) is 0 Å². The van der Waals surface area contributed by atoms with Crippen molar-refractivity contribution in [3.8, 4) is 11.5 Å². The maximum atomic E-state index is 11.0. The molecule has 2 rings (SSSR count). The summed E-state index contributed by atoms with van der Waals surface area (Å²) in [5.74, 6) is 1.12. The zero-order chi connectivity index (χ0) is 13.1. The fourth-order valence-electron chi connectivity index (χ4n) is 1.65. The molecule has 0 aliphatic rings. The fourth-order valence-corrected chi connectivity index (χ4v) is 1.87. The van der Waals surface area contributed by atoms with E-state index in [9.17, 15) is 4.79 Å². The fraction of sp³-hybridized carbons (Fsp3) is 0.133. The van der Waals surface area contributed by atoms with Gasteiger partial charge in [0.25, 0.3) is 0 Å². The number of aldehydes is 1. The van der Waals surface area contributed by atoms with Crippen molar-refractivity contribution < 1.29 is 9.53 Å². The molecule has 2 aromatic carbocycles. The Hall–Kier alpha value is -1.80. The first-order valence-corrected chi connectivity index (χ1v) is 5.98. The summed E-state index contributed by atoms with van der Waals surface area (Å²) >= 11 is 6.07. The summed E-state index contributed by atoms with van der Waals surface area (Å²) in [5.41, 5.74) is 2.54. The molecule has 0 N–H and O–H groups in total. The minimum Gasteiger partial charge on any atom is -0.455 e. The van der Waals surface area contributed by atoms with Crippen LogP contribution in [0.1, 0.15) is 21.5 Å². The Kier molecular flexibility index (Phi) is 3.68. The van der Waals surface area contributed by atoms with E-state index < -0.39 is 0 Å². The summed E-state index contributed by atoms with van der Waals surface area (Å²) < 4.78 is 5.78. The van der Waals surface area contributed by atoms with E-state index in [0.29, 0.717) is 22.1 Å². The summed E-state index contributed by atoms with van der Waals surface area (Å²) in [7, 11) is 0. The number of hydrogen-bond donors (Lipinski definition) is 0. The number of ether oxygens (including phenoxy) is 1. The van der Waals surface area contributed by atoms with Gasteiger partial charge < -0.3 is 4.74 Å². The van der Waals surface area contributed by atoms with Crippen molar-refractivity contribution in [1.82, 2.24) is 0 Å². The van der Waals surface area contributed by atoms with Crippen molar-refractivity contribution in [2.75, 3.05) is 0 Å². The molecule has 3 heteroatoms. The molecule has 0 aliphatic carbocycles. The second-order valence-corrected chi connectivity index (χ2v) is 4.55. The highest BCUT2D eigenvalue weighted by atomic mass is 35.5. The Bertz CT molecular complexity index is 591. The van der Waals surface area contributed by atoms with Crippen molar-refractivity contribution >= 4 is 17.9 Å². The molecule has 2 aromatic rings. The SMILES string of the molecule is Cc1ccc(C)c(Oc2c(Cl)cccc2C=O)c1. The second kappa shape index (κ2) is 5.23. The Morgan fingerprint density at radius 1 is 1.17 bits per heavy atom. The first-order chi connectivity index (χ1) is 8.61. The number of rotatable bonds is 3. The predicted octanol–water partition coefficient (Wildman–Crippen LogP) is 4.56. The number of carbonyl (C=O) groups is 1. The minimum atomic E-state index is 0.405. The van der Waals surface area contributed by atoms with Gasteiger partial charge in [0.15, 0.2) is 12.0 Å². The molecule has 18 heavy (non-hydrogen) atoms. The second-order valence-electron chi connectivity index (χ2n) is 4.15. The third-order valence-corrected chi connectivity index (χ3v) is 2.98. The number of hydrogen-bond acceptors (Lipinski definition) is 2. The molecule has 0 bridgehead atoms. The molecule has 0 unspecified atom stereocenters. The zero-order valence-corrected chi connectivity index (χ0v) is 11.0. The quantitative estimate of drug-likeness (QED) is 0.756. The number of halogens is 1. The van der Waals surface area contributed by atoms with Crippen molar-refractivity contribution in [3.05, 3.63) is 58.1 Å². The van der Waals surface area contributed by atoms with E-state index in [0.717, 1.165) is 17.4 Å². The van der Waals surface area contributed by atoms with Crippen LogP contribution in [0, 0.1) is 13.8 Å². The summed E-state index contributed by atoms with van der Waals surface area (Å²) in [6.45, 7) is 3.94. The van der Waals surface area contributed by atoms with Gasteiger partial charge in [-0.15, -0.1) is 0 Å². The predicted molar refractivity (Wildman–Crippen MR) is 72.8 cm³/mol. The van der Waals surface area contributed by atoms with E-state index in [1.54, 1.807) is 18.2 Å². The molecule has 0 fully saturated rings. The van der Waals surface area contributed by atoms with Crippen LogP contribution in [0.2, 0.25) is 5.02 Å². The third-order valence-electron chi connectivity index (χ3n) is 2.68. The van der Waals surface area contributed by atoms with Crippen LogP contribution in [-0.4, -0.2) is 6.29 Å². The van der Waals surface area contributed by atoms with Gasteiger partial charge in [0.05, 0.1) is 10.6 Å². The van der Waals surface area contributed by atoms with Crippen LogP contribution in [0.4, 0.5) is 0 Å². The van der Waals surface area contributed by atoms with E-state index in [-0.39, 0.29) is 0 Å². The first-order valence-electron chi connectivity index (χ1n) is 5.60. The molecule has 0 amide bonds. The molecule has 0 spiro atoms. The molecule has 0 saturated carbocycles. The van der Waals surface area contributed by atoms with Crippen LogP contribution >= 0.6 is 11.6 Å². The maximum Gasteiger partial charge on any atom is 0.156 e. The number of benzene rings is 2. The van der Waals surface area contributed by atoms with E-state index in [4.69, 9.17) is 16.3 Å². The topological polar surface area (TPSA) is 26.3 Å². The van der Waals surface area contributed by atoms with Crippen LogP contribution in [0.3, 0.4) is 0 Å². The smallest absolute Gasteiger partial charge is 0.156 e. The lowest BCUT2D eigenvalue weighted by molar-refractivity contribution is 0.112. The van der Waals surface area contributed by atoms with E-state index in [1.165, 1.54) is 0 Å². The van der Waals surface area contributed by atoms with E-state index in [2.05, 4.69) is 0 Å². The van der Waals surface area contributed by atoms with E-state index in [1.807, 2.05) is 32.0 Å². The molecule has 0 saturated heterocycles. The van der Waals surface area contributed by atoms with Crippen LogP contribution in [-0.2, 0) is 0 Å². The van der Waals surface area contributed by atoms with Gasteiger partial charge >= 0.3 is 0 Å². The van der Waals surface area contributed by atoms with Crippen LogP contribution in [0.15, 0.2) is 36.4 Å². The van der Waals surface area contributed by atoms with Gasteiger partial charge in [0.1, 0.15) is 5.75 Å². The summed E-state index contributed by atoms with van der Waals surface area (Å²) in [6.07, 6.45) is 0.742. The van der Waals surface area contributed by atoms with Gasteiger partial charge in [-0.1, -0.05) is 29.8 Å². The highest BCUT2D eigenvalue weighted by Gasteiger charge is 2.10. The Labute approximate surface area is 111 Å². The number of carbonyl (C=O) groups excluding carboxylic acids is 1. The molecule has 0 heterocycles. The molecular weight excluding hydrogens is 248 g/mol. The van der Waals surface area contributed by atoms with Crippen molar-refractivity contribution in [2.24, 2.45) is 0 Å². The highest BCUT2D eigenvalue weighted by Crippen LogP contribution is 2.33. The number of para-hydroxylation sites is 1. The molecular formula is C15H13ClO2. The molecule has 0 atom stereocenters. The zero-order valence-electron chi connectivity index (χ0n) is 10.2. The highest BCUT2D eigenvalue weighted by molar-refractivity contribution is 6.32. The van der Waals surface area contributed by atoms with Gasteiger partial charge in [-0.2, -0.15) is 0 Å². The number of aryl methyl sites for hydroxylation is 2. The van der Waals surface area contributed by atoms with Gasteiger partial charge in [0.2, 0.25) is 0 Å². The Balaban J connectivity index is 2.45. The van der Waals surface area contributed by atoms with Crippen molar-refractivity contribution in [3.63, 3.8) is 0 Å². The van der Waals surface area contributed by atoms with Crippen LogP contribution in [0.25, 0.3) is 0 Å². The average Bonchev–Trinajstić information content (AvgIpc) is 2.36. The van der Waals surface area contributed by atoms with Crippen LogP contribution in [0.5, 0.6) is 11.5 Å². The lowest BCUT2D eigenvalue weighted by atomic mass is 10.1. The minimum absolute atomic E-state index is 0.405. The molecule has 2 nitrogen and oxygen atoms in total. The maximum absolute atomic E-state index is 11.0. The Morgan fingerprint density at radius 2 is 1.94 bits per heavy atom. The van der Waals surface area contributed by atoms with E-state index >= 15 is 0 Å². The molecule has 0 aromatic heterocycles. The standard InChI is InChI=1S/C15H13ClO2/c1-10-6-7-11(2)14(8-10)18-15-12(9-17)4-3-5-13(15)16/h3-9H,1-2H3. The lowest BCUT2D eigenvalue weighted by Gasteiger charge is -2.12.